The zero-order chi connectivity index (χ0) is 10.1. The first-order valence-corrected chi connectivity index (χ1v) is 5.88. The molecule has 2 aliphatic rings. The highest BCUT2D eigenvalue weighted by Crippen LogP contribution is 2.31. The van der Waals surface area contributed by atoms with E-state index < -0.39 is 0 Å². The molecule has 3 rings (SSSR count). The molecule has 1 heteroatoms. The molecule has 15 heavy (non-hydrogen) atoms. The fraction of sp³-hybridized carbons (Fsp3) is 0.429. The largest absolute Gasteiger partial charge is 0.296 e. The number of nitrogens with zero attached hydrogens (tertiary/aromatic N) is 1. The predicted molar refractivity (Wildman–Crippen MR) is 62.8 cm³/mol. The van der Waals surface area contributed by atoms with E-state index in [2.05, 4.69) is 47.4 Å². The molecule has 1 aliphatic heterocycles. The molecule has 0 unspecified atom stereocenters. The fourth-order valence-corrected chi connectivity index (χ4v) is 2.77. The van der Waals surface area contributed by atoms with Gasteiger partial charge in [-0.1, -0.05) is 42.5 Å². The Morgan fingerprint density at radius 2 is 2.00 bits per heavy atom. The van der Waals surface area contributed by atoms with Crippen molar-refractivity contribution in [2.24, 2.45) is 5.92 Å². The average molecular weight is 199 g/mol. The highest BCUT2D eigenvalue weighted by Gasteiger charge is 2.32. The Hall–Kier alpha value is -1.08. The summed E-state index contributed by atoms with van der Waals surface area (Å²) in [6.07, 6.45) is 7.34. The first-order valence-electron chi connectivity index (χ1n) is 5.88. The molecule has 1 nitrogen and oxygen atoms in total. The van der Waals surface area contributed by atoms with E-state index in [1.165, 1.54) is 31.5 Å². The van der Waals surface area contributed by atoms with Crippen molar-refractivity contribution in [3.8, 4) is 0 Å². The van der Waals surface area contributed by atoms with Crippen LogP contribution in [0.4, 0.5) is 0 Å². The number of rotatable bonds is 3. The lowest BCUT2D eigenvalue weighted by Gasteiger charge is -2.23. The molecule has 2 bridgehead atoms. The molecule has 0 spiro atoms. The molecular formula is C14H17N. The smallest absolute Gasteiger partial charge is 0.0284 e. The minimum atomic E-state index is 0.749. The fourth-order valence-electron chi connectivity index (χ4n) is 2.77. The third-order valence-corrected chi connectivity index (χ3v) is 3.62. The molecule has 0 amide bonds. The highest BCUT2D eigenvalue weighted by atomic mass is 15.2. The van der Waals surface area contributed by atoms with Crippen LogP contribution in [-0.4, -0.2) is 24.0 Å². The highest BCUT2D eigenvalue weighted by molar-refractivity contribution is 5.16. The summed E-state index contributed by atoms with van der Waals surface area (Å²) >= 11 is 0. The summed E-state index contributed by atoms with van der Waals surface area (Å²) in [5.74, 6) is 0.853. The first kappa shape index (κ1) is 9.17. The molecule has 1 heterocycles. The maximum Gasteiger partial charge on any atom is 0.0284 e. The molecule has 78 valence electrons. The number of hydrogen-bond donors (Lipinski definition) is 0. The van der Waals surface area contributed by atoms with Crippen LogP contribution in [0.1, 0.15) is 12.0 Å². The van der Waals surface area contributed by atoms with Gasteiger partial charge in [0, 0.05) is 19.1 Å². The van der Waals surface area contributed by atoms with Crippen molar-refractivity contribution in [3.63, 3.8) is 0 Å². The van der Waals surface area contributed by atoms with Crippen LogP contribution in [0, 0.1) is 5.92 Å². The maximum atomic E-state index is 2.62. The molecule has 1 saturated heterocycles. The Bertz CT molecular complexity index is 355. The van der Waals surface area contributed by atoms with Crippen LogP contribution in [0.2, 0.25) is 0 Å². The quantitative estimate of drug-likeness (QED) is 0.676. The van der Waals surface area contributed by atoms with E-state index in [4.69, 9.17) is 0 Å². The van der Waals surface area contributed by atoms with Crippen molar-refractivity contribution in [1.29, 1.82) is 0 Å². The molecule has 0 radical (unpaired) electrons. The van der Waals surface area contributed by atoms with Gasteiger partial charge in [0.05, 0.1) is 0 Å². The van der Waals surface area contributed by atoms with Gasteiger partial charge >= 0.3 is 0 Å². The van der Waals surface area contributed by atoms with Crippen LogP contribution in [-0.2, 0) is 6.42 Å². The number of hydrogen-bond acceptors (Lipinski definition) is 1. The number of likely N-dealkylation sites (tertiary alicyclic amines) is 1. The van der Waals surface area contributed by atoms with Gasteiger partial charge < -0.3 is 0 Å². The zero-order valence-corrected chi connectivity index (χ0v) is 8.97. The van der Waals surface area contributed by atoms with Crippen molar-refractivity contribution in [2.45, 2.75) is 18.9 Å². The normalized spacial score (nSPS) is 28.8. The Morgan fingerprint density at radius 1 is 1.13 bits per heavy atom. The first-order chi connectivity index (χ1) is 7.42. The average Bonchev–Trinajstić information content (AvgIpc) is 2.89. The Kier molecular flexibility index (Phi) is 2.34. The van der Waals surface area contributed by atoms with E-state index in [0.29, 0.717) is 0 Å². The lowest BCUT2D eigenvalue weighted by molar-refractivity contribution is 0.283. The lowest BCUT2D eigenvalue weighted by atomic mass is 10.1. The van der Waals surface area contributed by atoms with Crippen LogP contribution in [0.3, 0.4) is 0 Å². The van der Waals surface area contributed by atoms with Crippen LogP contribution >= 0.6 is 0 Å². The van der Waals surface area contributed by atoms with Crippen molar-refractivity contribution in [2.75, 3.05) is 13.1 Å². The topological polar surface area (TPSA) is 3.24 Å². The van der Waals surface area contributed by atoms with Gasteiger partial charge in [0.2, 0.25) is 0 Å². The van der Waals surface area contributed by atoms with E-state index in [1.807, 2.05) is 0 Å². The van der Waals surface area contributed by atoms with Gasteiger partial charge in [0.25, 0.3) is 0 Å². The molecule has 2 atom stereocenters. The molecular weight excluding hydrogens is 182 g/mol. The van der Waals surface area contributed by atoms with E-state index in [-0.39, 0.29) is 0 Å². The second-order valence-electron chi connectivity index (χ2n) is 4.68. The van der Waals surface area contributed by atoms with Crippen molar-refractivity contribution in [1.82, 2.24) is 4.90 Å². The lowest BCUT2D eigenvalue weighted by Crippen LogP contribution is -2.31. The standard InChI is InChI=1S/C14H17N/c1-2-4-12(5-3-1)8-9-15-11-13-6-7-14(15)10-13/h1-7,13-14H,8-11H2/t13-,14-/m1/s1. The summed E-state index contributed by atoms with van der Waals surface area (Å²) < 4.78 is 0. The van der Waals surface area contributed by atoms with Gasteiger partial charge in [0.15, 0.2) is 0 Å². The van der Waals surface area contributed by atoms with E-state index in [9.17, 15) is 0 Å². The zero-order valence-electron chi connectivity index (χ0n) is 8.97. The number of benzene rings is 1. The Labute approximate surface area is 91.4 Å². The van der Waals surface area contributed by atoms with Crippen molar-refractivity contribution in [3.05, 3.63) is 48.0 Å². The Balaban J connectivity index is 1.57. The molecule has 1 aromatic carbocycles. The van der Waals surface area contributed by atoms with Crippen molar-refractivity contribution < 1.29 is 0 Å². The van der Waals surface area contributed by atoms with Crippen molar-refractivity contribution >= 4 is 0 Å². The summed E-state index contributed by atoms with van der Waals surface area (Å²) in [6, 6.07) is 11.5. The predicted octanol–water partition coefficient (Wildman–Crippen LogP) is 2.49. The van der Waals surface area contributed by atoms with Gasteiger partial charge in [-0.15, -0.1) is 0 Å². The minimum absolute atomic E-state index is 0.749. The molecule has 1 aromatic rings. The molecule has 1 fully saturated rings. The van der Waals surface area contributed by atoms with Crippen LogP contribution in [0.25, 0.3) is 0 Å². The summed E-state index contributed by atoms with van der Waals surface area (Å²) in [5, 5.41) is 0. The van der Waals surface area contributed by atoms with Gasteiger partial charge in [0.1, 0.15) is 0 Å². The summed E-state index contributed by atoms with van der Waals surface area (Å²) in [5.41, 5.74) is 1.46. The second-order valence-corrected chi connectivity index (χ2v) is 4.68. The molecule has 0 N–H and O–H groups in total. The maximum absolute atomic E-state index is 2.62. The van der Waals surface area contributed by atoms with Gasteiger partial charge in [-0.05, 0) is 24.3 Å². The van der Waals surface area contributed by atoms with Crippen LogP contribution in [0.5, 0.6) is 0 Å². The van der Waals surface area contributed by atoms with E-state index in [1.54, 1.807) is 0 Å². The summed E-state index contributed by atoms with van der Waals surface area (Å²) in [7, 11) is 0. The third kappa shape index (κ3) is 1.84. The number of fused-ring (bicyclic) bond motifs is 2. The molecule has 0 saturated carbocycles. The van der Waals surface area contributed by atoms with E-state index in [0.717, 1.165) is 12.0 Å². The third-order valence-electron chi connectivity index (χ3n) is 3.62. The Morgan fingerprint density at radius 3 is 2.67 bits per heavy atom. The van der Waals surface area contributed by atoms with Gasteiger partial charge in [-0.2, -0.15) is 0 Å². The SMILES string of the molecule is C1=C[C@@H]2C[C@@H]1CN2CCc1ccccc1. The monoisotopic (exact) mass is 199 g/mol. The summed E-state index contributed by atoms with van der Waals surface area (Å²) in [4.78, 5) is 2.62. The molecule has 1 aliphatic carbocycles. The van der Waals surface area contributed by atoms with Crippen LogP contribution in [0.15, 0.2) is 42.5 Å². The second kappa shape index (κ2) is 3.82. The van der Waals surface area contributed by atoms with E-state index >= 15 is 0 Å². The van der Waals surface area contributed by atoms with Crippen LogP contribution < -0.4 is 0 Å². The van der Waals surface area contributed by atoms with Gasteiger partial charge in [-0.25, -0.2) is 0 Å². The summed E-state index contributed by atoms with van der Waals surface area (Å²) in [6.45, 7) is 2.50. The minimum Gasteiger partial charge on any atom is -0.296 e. The molecule has 0 aromatic heterocycles. The van der Waals surface area contributed by atoms with Gasteiger partial charge in [-0.3, -0.25) is 4.90 Å².